The van der Waals surface area contributed by atoms with E-state index in [0.29, 0.717) is 5.56 Å². The van der Waals surface area contributed by atoms with Crippen LogP contribution in [-0.2, 0) is 0 Å². The summed E-state index contributed by atoms with van der Waals surface area (Å²) >= 11 is 5.69. The summed E-state index contributed by atoms with van der Waals surface area (Å²) in [6.07, 6.45) is 0. The third-order valence-corrected chi connectivity index (χ3v) is 2.36. The largest absolute Gasteiger partial charge is 0.295 e. The normalized spacial score (nSPS) is 10.2. The molecule has 86 valence electrons. The number of pyridine rings is 1. The molecule has 1 aromatic heterocycles. The van der Waals surface area contributed by atoms with Gasteiger partial charge in [-0.15, -0.1) is 0 Å². The van der Waals surface area contributed by atoms with Crippen LogP contribution in [0, 0.1) is 15.9 Å². The molecule has 0 N–H and O–H groups in total. The first-order valence-electron chi connectivity index (χ1n) is 4.65. The highest BCUT2D eigenvalue weighted by atomic mass is 35.5. The Labute approximate surface area is 101 Å². The van der Waals surface area contributed by atoms with E-state index in [-0.39, 0.29) is 16.5 Å². The summed E-state index contributed by atoms with van der Waals surface area (Å²) < 4.78 is 12.8. The van der Waals surface area contributed by atoms with Crippen LogP contribution in [-0.4, -0.2) is 9.91 Å². The standard InChI is InChI=1S/C11H6ClFN2O2/c12-10-6-5-9(15(16)17)11(14-10)7-1-3-8(13)4-2-7/h1-6H. The molecule has 2 aromatic rings. The predicted molar refractivity (Wildman–Crippen MR) is 61.3 cm³/mol. The van der Waals surface area contributed by atoms with E-state index >= 15 is 0 Å². The van der Waals surface area contributed by atoms with Crippen LogP contribution in [0.15, 0.2) is 36.4 Å². The van der Waals surface area contributed by atoms with Gasteiger partial charge in [-0.1, -0.05) is 11.6 Å². The van der Waals surface area contributed by atoms with Gasteiger partial charge in [0.05, 0.1) is 4.92 Å². The second-order valence-corrected chi connectivity index (χ2v) is 3.65. The fraction of sp³-hybridized carbons (Fsp3) is 0. The van der Waals surface area contributed by atoms with Gasteiger partial charge in [0.25, 0.3) is 5.69 Å². The summed E-state index contributed by atoms with van der Waals surface area (Å²) in [5, 5.41) is 11.0. The Morgan fingerprint density at radius 1 is 1.18 bits per heavy atom. The van der Waals surface area contributed by atoms with Crippen molar-refractivity contribution in [2.45, 2.75) is 0 Å². The zero-order valence-electron chi connectivity index (χ0n) is 8.43. The lowest BCUT2D eigenvalue weighted by Crippen LogP contribution is -1.95. The summed E-state index contributed by atoms with van der Waals surface area (Å²) in [5.74, 6) is -0.418. The summed E-state index contributed by atoms with van der Waals surface area (Å²) in [4.78, 5) is 14.2. The van der Waals surface area contributed by atoms with Crippen molar-refractivity contribution < 1.29 is 9.31 Å². The molecule has 0 aliphatic rings. The van der Waals surface area contributed by atoms with Gasteiger partial charge in [0.15, 0.2) is 0 Å². The van der Waals surface area contributed by atoms with Crippen LogP contribution in [0.3, 0.4) is 0 Å². The van der Waals surface area contributed by atoms with Crippen LogP contribution in [0.2, 0.25) is 5.15 Å². The Balaban J connectivity index is 2.60. The molecule has 17 heavy (non-hydrogen) atoms. The minimum atomic E-state index is -0.554. The summed E-state index contributed by atoms with van der Waals surface area (Å²) in [5.41, 5.74) is 0.407. The average Bonchev–Trinajstić information content (AvgIpc) is 2.29. The molecule has 0 saturated heterocycles. The smallest absolute Gasteiger partial charge is 0.258 e. The van der Waals surface area contributed by atoms with Crippen molar-refractivity contribution in [3.8, 4) is 11.3 Å². The number of nitro groups is 1. The maximum absolute atomic E-state index is 12.8. The average molecular weight is 253 g/mol. The summed E-state index contributed by atoms with van der Waals surface area (Å²) in [6.45, 7) is 0. The maximum Gasteiger partial charge on any atom is 0.295 e. The van der Waals surface area contributed by atoms with Crippen LogP contribution in [0.4, 0.5) is 10.1 Å². The van der Waals surface area contributed by atoms with E-state index in [4.69, 9.17) is 11.6 Å². The van der Waals surface area contributed by atoms with E-state index < -0.39 is 10.7 Å². The van der Waals surface area contributed by atoms with Crippen molar-refractivity contribution in [2.75, 3.05) is 0 Å². The number of halogens is 2. The number of hydrogen-bond acceptors (Lipinski definition) is 3. The van der Waals surface area contributed by atoms with Gasteiger partial charge in [0.1, 0.15) is 16.7 Å². The van der Waals surface area contributed by atoms with Gasteiger partial charge >= 0.3 is 0 Å². The molecule has 1 heterocycles. The number of hydrogen-bond donors (Lipinski definition) is 0. The Kier molecular flexibility index (Phi) is 3.01. The number of aromatic nitrogens is 1. The van der Waals surface area contributed by atoms with Crippen LogP contribution in [0.25, 0.3) is 11.3 Å². The van der Waals surface area contributed by atoms with Gasteiger partial charge in [-0.05, 0) is 30.3 Å². The third kappa shape index (κ3) is 2.39. The Morgan fingerprint density at radius 2 is 1.82 bits per heavy atom. The van der Waals surface area contributed by atoms with Gasteiger partial charge in [0, 0.05) is 11.6 Å². The molecule has 1 aromatic carbocycles. The highest BCUT2D eigenvalue weighted by molar-refractivity contribution is 6.29. The topological polar surface area (TPSA) is 56.0 Å². The number of nitrogens with zero attached hydrogens (tertiary/aromatic N) is 2. The molecule has 0 amide bonds. The molecule has 0 radical (unpaired) electrons. The molecular formula is C11H6ClFN2O2. The molecule has 0 fully saturated rings. The Hall–Kier alpha value is -2.01. The molecule has 0 bridgehead atoms. The Bertz CT molecular complexity index is 572. The molecule has 0 saturated carbocycles. The van der Waals surface area contributed by atoms with Crippen molar-refractivity contribution >= 4 is 17.3 Å². The lowest BCUT2D eigenvalue weighted by atomic mass is 10.1. The molecule has 4 nitrogen and oxygen atoms in total. The van der Waals surface area contributed by atoms with Crippen LogP contribution >= 0.6 is 11.6 Å². The highest BCUT2D eigenvalue weighted by Gasteiger charge is 2.17. The molecule has 0 aliphatic heterocycles. The third-order valence-electron chi connectivity index (χ3n) is 2.15. The van der Waals surface area contributed by atoms with Gasteiger partial charge in [-0.3, -0.25) is 10.1 Å². The molecule has 0 unspecified atom stereocenters. The van der Waals surface area contributed by atoms with Crippen molar-refractivity contribution in [1.82, 2.24) is 4.98 Å². The maximum atomic E-state index is 12.8. The van der Waals surface area contributed by atoms with Gasteiger partial charge in [0.2, 0.25) is 0 Å². The van der Waals surface area contributed by atoms with Crippen LogP contribution < -0.4 is 0 Å². The second-order valence-electron chi connectivity index (χ2n) is 3.27. The highest BCUT2D eigenvalue weighted by Crippen LogP contribution is 2.29. The molecular weight excluding hydrogens is 247 g/mol. The lowest BCUT2D eigenvalue weighted by molar-refractivity contribution is -0.384. The SMILES string of the molecule is O=[N+]([O-])c1ccc(Cl)nc1-c1ccc(F)cc1. The van der Waals surface area contributed by atoms with Crippen molar-refractivity contribution in [3.05, 3.63) is 57.5 Å². The van der Waals surface area contributed by atoms with Crippen molar-refractivity contribution in [3.63, 3.8) is 0 Å². The van der Waals surface area contributed by atoms with Gasteiger partial charge in [-0.25, -0.2) is 9.37 Å². The number of rotatable bonds is 2. The molecule has 0 atom stereocenters. The van der Waals surface area contributed by atoms with Crippen LogP contribution in [0.1, 0.15) is 0 Å². The van der Waals surface area contributed by atoms with E-state index in [1.807, 2.05) is 0 Å². The quantitative estimate of drug-likeness (QED) is 0.467. The number of benzene rings is 1. The summed E-state index contributed by atoms with van der Waals surface area (Å²) in [7, 11) is 0. The predicted octanol–water partition coefficient (Wildman–Crippen LogP) is 3.45. The first-order valence-corrected chi connectivity index (χ1v) is 5.02. The first-order chi connectivity index (χ1) is 8.08. The molecule has 6 heteroatoms. The second kappa shape index (κ2) is 4.47. The fourth-order valence-corrected chi connectivity index (χ4v) is 1.54. The molecule has 0 spiro atoms. The molecule has 2 rings (SSSR count). The van der Waals surface area contributed by atoms with E-state index in [1.54, 1.807) is 0 Å². The van der Waals surface area contributed by atoms with E-state index in [2.05, 4.69) is 4.98 Å². The minimum absolute atomic E-state index is 0.127. The zero-order valence-corrected chi connectivity index (χ0v) is 9.19. The van der Waals surface area contributed by atoms with Crippen LogP contribution in [0.5, 0.6) is 0 Å². The van der Waals surface area contributed by atoms with Crippen molar-refractivity contribution in [2.24, 2.45) is 0 Å². The zero-order chi connectivity index (χ0) is 12.4. The van der Waals surface area contributed by atoms with Gasteiger partial charge < -0.3 is 0 Å². The van der Waals surface area contributed by atoms with E-state index in [0.717, 1.165) is 0 Å². The lowest BCUT2D eigenvalue weighted by Gasteiger charge is -2.02. The summed E-state index contributed by atoms with van der Waals surface area (Å²) in [6, 6.07) is 7.87. The van der Waals surface area contributed by atoms with Gasteiger partial charge in [-0.2, -0.15) is 0 Å². The first kappa shape index (κ1) is 11.5. The van der Waals surface area contributed by atoms with E-state index in [1.165, 1.54) is 36.4 Å². The fourth-order valence-electron chi connectivity index (χ4n) is 1.40. The van der Waals surface area contributed by atoms with Crippen molar-refractivity contribution in [1.29, 1.82) is 0 Å². The monoisotopic (exact) mass is 252 g/mol. The molecule has 0 aliphatic carbocycles. The Morgan fingerprint density at radius 3 is 2.41 bits per heavy atom. The van der Waals surface area contributed by atoms with E-state index in [9.17, 15) is 14.5 Å². The minimum Gasteiger partial charge on any atom is -0.258 e.